The summed E-state index contributed by atoms with van der Waals surface area (Å²) < 4.78 is 39.4. The Balaban J connectivity index is 1.73. The number of aromatic amines is 1. The lowest BCUT2D eigenvalue weighted by Crippen LogP contribution is -2.53. The van der Waals surface area contributed by atoms with Crippen molar-refractivity contribution in [1.29, 1.82) is 0 Å². The molecule has 0 aromatic carbocycles. The number of hydrogen-bond acceptors (Lipinski definition) is 3. The van der Waals surface area contributed by atoms with E-state index in [9.17, 15) is 18.0 Å². The van der Waals surface area contributed by atoms with Crippen LogP contribution in [-0.4, -0.2) is 27.3 Å². The number of hydrogen-bond donors (Lipinski definition) is 2. The van der Waals surface area contributed by atoms with E-state index in [-0.39, 0.29) is 50.4 Å². The third-order valence-electron chi connectivity index (χ3n) is 4.98. The van der Waals surface area contributed by atoms with Crippen molar-refractivity contribution in [3.05, 3.63) is 6.33 Å². The summed E-state index contributed by atoms with van der Waals surface area (Å²) in [6.07, 6.45) is -1.92. The summed E-state index contributed by atoms with van der Waals surface area (Å²) in [5, 5.41) is 8.75. The molecule has 0 atom stereocenters. The van der Waals surface area contributed by atoms with Gasteiger partial charge in [-0.3, -0.25) is 10.1 Å². The lowest BCUT2D eigenvalue weighted by atomic mass is 9.53. The minimum absolute atomic E-state index is 0.0420. The quantitative estimate of drug-likeness (QED) is 0.879. The Morgan fingerprint density at radius 3 is 2.25 bits per heavy atom. The van der Waals surface area contributed by atoms with E-state index in [0.717, 1.165) is 0 Å². The number of rotatable bonds is 2. The smallest absolute Gasteiger partial charge is 0.294 e. The summed E-state index contributed by atoms with van der Waals surface area (Å²) in [6, 6.07) is 0. The molecular weight excluding hydrogens is 273 g/mol. The van der Waals surface area contributed by atoms with Gasteiger partial charge < -0.3 is 0 Å². The normalized spacial score (nSPS) is 33.1. The van der Waals surface area contributed by atoms with Gasteiger partial charge in [-0.05, 0) is 38.5 Å². The fourth-order valence-electron chi connectivity index (χ4n) is 3.46. The average Bonchev–Trinajstić information content (AvgIpc) is 2.92. The summed E-state index contributed by atoms with van der Waals surface area (Å²) in [5.41, 5.74) is -2.25. The second-order valence-corrected chi connectivity index (χ2v) is 5.85. The molecule has 1 aromatic heterocycles. The van der Waals surface area contributed by atoms with E-state index in [1.54, 1.807) is 0 Å². The molecule has 1 heterocycles. The zero-order valence-electron chi connectivity index (χ0n) is 10.8. The van der Waals surface area contributed by atoms with Gasteiger partial charge in [0.05, 0.1) is 5.41 Å². The van der Waals surface area contributed by atoms with Gasteiger partial charge in [-0.25, -0.2) is 5.10 Å². The molecule has 0 saturated heterocycles. The van der Waals surface area contributed by atoms with Crippen molar-refractivity contribution in [1.82, 2.24) is 15.2 Å². The topological polar surface area (TPSA) is 70.7 Å². The maximum Gasteiger partial charge on any atom is 0.394 e. The molecule has 2 N–H and O–H groups in total. The highest BCUT2D eigenvalue weighted by atomic mass is 19.4. The number of alkyl halides is 3. The van der Waals surface area contributed by atoms with Gasteiger partial charge in [-0.15, -0.1) is 0 Å². The first-order valence-corrected chi connectivity index (χ1v) is 6.61. The molecule has 3 aliphatic rings. The number of carbonyl (C=O) groups excluding carboxylic acids is 1. The van der Waals surface area contributed by atoms with Crippen molar-refractivity contribution in [2.75, 3.05) is 5.32 Å². The number of fused-ring (bicyclic) bond motifs is 3. The van der Waals surface area contributed by atoms with E-state index in [4.69, 9.17) is 0 Å². The minimum Gasteiger partial charge on any atom is -0.294 e. The fourth-order valence-corrected chi connectivity index (χ4v) is 3.46. The monoisotopic (exact) mass is 288 g/mol. The molecule has 3 fully saturated rings. The van der Waals surface area contributed by atoms with Crippen molar-refractivity contribution < 1.29 is 18.0 Å². The van der Waals surface area contributed by atoms with Gasteiger partial charge >= 0.3 is 6.18 Å². The summed E-state index contributed by atoms with van der Waals surface area (Å²) in [5.74, 6) is -0.00710. The highest BCUT2D eigenvalue weighted by Gasteiger charge is 2.62. The van der Waals surface area contributed by atoms with E-state index >= 15 is 0 Å². The van der Waals surface area contributed by atoms with Gasteiger partial charge in [-0.1, -0.05) is 0 Å². The Bertz CT molecular complexity index is 487. The third-order valence-corrected chi connectivity index (χ3v) is 4.98. The number of halogens is 3. The van der Waals surface area contributed by atoms with Crippen molar-refractivity contribution >= 4 is 11.9 Å². The number of aromatic nitrogens is 3. The summed E-state index contributed by atoms with van der Waals surface area (Å²) in [4.78, 5) is 16.1. The lowest BCUT2D eigenvalue weighted by molar-refractivity contribution is -0.258. The van der Waals surface area contributed by atoms with Crippen LogP contribution in [0.3, 0.4) is 0 Å². The number of H-pyrrole nitrogens is 1. The van der Waals surface area contributed by atoms with Gasteiger partial charge in [0.25, 0.3) is 0 Å². The predicted octanol–water partition coefficient (Wildman–Crippen LogP) is 2.65. The molecule has 3 saturated carbocycles. The molecule has 0 aliphatic heterocycles. The number of amides is 1. The van der Waals surface area contributed by atoms with Gasteiger partial charge in [-0.2, -0.15) is 23.3 Å². The van der Waals surface area contributed by atoms with E-state index in [0.29, 0.717) is 0 Å². The highest BCUT2D eigenvalue weighted by Crippen LogP contribution is 2.62. The fraction of sp³-hybridized carbons (Fsp3) is 0.750. The minimum atomic E-state index is -4.17. The van der Waals surface area contributed by atoms with Crippen LogP contribution in [0.15, 0.2) is 6.33 Å². The lowest BCUT2D eigenvalue weighted by Gasteiger charge is -2.52. The van der Waals surface area contributed by atoms with Crippen LogP contribution in [0.25, 0.3) is 0 Å². The zero-order valence-corrected chi connectivity index (χ0v) is 10.8. The molecule has 110 valence electrons. The molecule has 4 rings (SSSR count). The average molecular weight is 288 g/mol. The van der Waals surface area contributed by atoms with Gasteiger partial charge in [0.2, 0.25) is 11.9 Å². The Kier molecular flexibility index (Phi) is 2.81. The first kappa shape index (κ1) is 13.4. The number of nitrogens with one attached hydrogen (secondary N) is 2. The maximum absolute atomic E-state index is 13.1. The SMILES string of the molecule is O=C(Nc1ncn[nH]1)C12CCC(C(F)(F)F)(CC1)CC2. The van der Waals surface area contributed by atoms with Crippen molar-refractivity contribution in [3.8, 4) is 0 Å². The van der Waals surface area contributed by atoms with Crippen LogP contribution in [0.2, 0.25) is 0 Å². The van der Waals surface area contributed by atoms with Gasteiger partial charge in [0.15, 0.2) is 0 Å². The van der Waals surface area contributed by atoms with Crippen molar-refractivity contribution in [2.24, 2.45) is 10.8 Å². The molecule has 2 bridgehead atoms. The Labute approximate surface area is 113 Å². The predicted molar refractivity (Wildman–Crippen MR) is 63.6 cm³/mol. The highest BCUT2D eigenvalue weighted by molar-refractivity contribution is 5.94. The van der Waals surface area contributed by atoms with Crippen molar-refractivity contribution in [2.45, 2.75) is 44.7 Å². The largest absolute Gasteiger partial charge is 0.394 e. The number of carbonyl (C=O) groups is 1. The standard InChI is InChI=1S/C12H15F3N4O/c13-12(14,15)11-4-1-10(2-5-11,3-6-11)8(20)18-9-16-7-17-19-9/h7H,1-6H2,(H2,16,17,18,19,20). The van der Waals surface area contributed by atoms with Crippen LogP contribution in [0.4, 0.5) is 19.1 Å². The van der Waals surface area contributed by atoms with E-state index < -0.39 is 17.0 Å². The van der Waals surface area contributed by atoms with E-state index in [2.05, 4.69) is 20.5 Å². The second kappa shape index (κ2) is 4.20. The second-order valence-electron chi connectivity index (χ2n) is 5.85. The molecule has 5 nitrogen and oxygen atoms in total. The van der Waals surface area contributed by atoms with Crippen LogP contribution in [0.5, 0.6) is 0 Å². The van der Waals surface area contributed by atoms with Crippen LogP contribution < -0.4 is 5.32 Å². The molecule has 0 spiro atoms. The van der Waals surface area contributed by atoms with Crippen LogP contribution >= 0.6 is 0 Å². The van der Waals surface area contributed by atoms with E-state index in [1.165, 1.54) is 6.33 Å². The summed E-state index contributed by atoms with van der Waals surface area (Å²) in [6.45, 7) is 0. The Morgan fingerprint density at radius 1 is 1.20 bits per heavy atom. The summed E-state index contributed by atoms with van der Waals surface area (Å²) >= 11 is 0. The molecule has 1 aromatic rings. The van der Waals surface area contributed by atoms with Crippen molar-refractivity contribution in [3.63, 3.8) is 0 Å². The Hall–Kier alpha value is -1.60. The molecule has 20 heavy (non-hydrogen) atoms. The number of nitrogens with zero attached hydrogens (tertiary/aromatic N) is 2. The first-order valence-electron chi connectivity index (χ1n) is 6.61. The molecule has 0 unspecified atom stereocenters. The first-order chi connectivity index (χ1) is 9.37. The van der Waals surface area contributed by atoms with Gasteiger partial charge in [0, 0.05) is 5.41 Å². The molecule has 0 radical (unpaired) electrons. The molecule has 1 amide bonds. The summed E-state index contributed by atoms with van der Waals surface area (Å²) in [7, 11) is 0. The van der Waals surface area contributed by atoms with Gasteiger partial charge in [0.1, 0.15) is 6.33 Å². The van der Waals surface area contributed by atoms with E-state index in [1.807, 2.05) is 0 Å². The molecule has 8 heteroatoms. The van der Waals surface area contributed by atoms with Crippen LogP contribution in [0.1, 0.15) is 38.5 Å². The van der Waals surface area contributed by atoms with Crippen LogP contribution in [-0.2, 0) is 4.79 Å². The zero-order chi connectivity index (χ0) is 14.4. The molecule has 3 aliphatic carbocycles. The maximum atomic E-state index is 13.1. The molecular formula is C12H15F3N4O. The Morgan fingerprint density at radius 2 is 1.80 bits per heavy atom. The third kappa shape index (κ3) is 1.89. The number of anilines is 1. The van der Waals surface area contributed by atoms with Crippen LogP contribution in [0, 0.1) is 10.8 Å².